The summed E-state index contributed by atoms with van der Waals surface area (Å²) in [5.74, 6) is -0.299. The summed E-state index contributed by atoms with van der Waals surface area (Å²) in [6.45, 7) is 2.63. The van der Waals surface area contributed by atoms with Gasteiger partial charge in [-0.3, -0.25) is 4.79 Å². The van der Waals surface area contributed by atoms with Crippen LogP contribution in [0.4, 0.5) is 0 Å². The molecule has 1 aromatic carbocycles. The summed E-state index contributed by atoms with van der Waals surface area (Å²) in [4.78, 5) is 13.1. The molecule has 1 atom stereocenters. The third-order valence-electron chi connectivity index (χ3n) is 3.48. The highest BCUT2D eigenvalue weighted by Gasteiger charge is 2.16. The molecule has 0 fully saturated rings. The van der Waals surface area contributed by atoms with E-state index < -0.39 is 10.0 Å². The summed E-state index contributed by atoms with van der Waals surface area (Å²) >= 11 is 1.48. The maximum Gasteiger partial charge on any atom is 0.251 e. The highest BCUT2D eigenvalue weighted by Crippen LogP contribution is 2.14. The molecule has 1 heterocycles. The van der Waals surface area contributed by atoms with Gasteiger partial charge in [0.2, 0.25) is 10.0 Å². The number of carbonyl (C=O) groups excluding carboxylic acids is 1. The van der Waals surface area contributed by atoms with Gasteiger partial charge in [-0.2, -0.15) is 0 Å². The normalized spacial score (nSPS) is 12.8. The second kappa shape index (κ2) is 8.39. The van der Waals surface area contributed by atoms with Crippen molar-refractivity contribution in [3.05, 3.63) is 52.2 Å². The molecule has 0 saturated heterocycles. The van der Waals surface area contributed by atoms with Crippen molar-refractivity contribution in [3.63, 3.8) is 0 Å². The Kier molecular flexibility index (Phi) is 6.50. The van der Waals surface area contributed by atoms with E-state index in [4.69, 9.17) is 0 Å². The molecule has 8 heteroatoms. The lowest BCUT2D eigenvalue weighted by Gasteiger charge is -2.12. The van der Waals surface area contributed by atoms with Crippen molar-refractivity contribution >= 4 is 27.3 Å². The maximum absolute atomic E-state index is 12.4. The number of nitrogens with one attached hydrogen (secondary N) is 3. The quantitative estimate of drug-likeness (QED) is 0.661. The molecule has 0 bridgehead atoms. The zero-order chi connectivity index (χ0) is 17.6. The maximum atomic E-state index is 12.4. The Morgan fingerprint density at radius 3 is 2.71 bits per heavy atom. The zero-order valence-corrected chi connectivity index (χ0v) is 15.2. The number of rotatable bonds is 8. The number of likely N-dealkylation sites (N-methyl/N-ethyl adjacent to an activating group) is 1. The van der Waals surface area contributed by atoms with E-state index in [-0.39, 0.29) is 23.4 Å². The van der Waals surface area contributed by atoms with Crippen LogP contribution in [0.2, 0.25) is 0 Å². The van der Waals surface area contributed by atoms with Gasteiger partial charge in [-0.05, 0) is 43.6 Å². The van der Waals surface area contributed by atoms with Crippen LogP contribution in [0.3, 0.4) is 0 Å². The van der Waals surface area contributed by atoms with Gasteiger partial charge in [0.25, 0.3) is 5.91 Å². The molecule has 24 heavy (non-hydrogen) atoms. The lowest BCUT2D eigenvalue weighted by atomic mass is 10.2. The van der Waals surface area contributed by atoms with Gasteiger partial charge in [0.05, 0.1) is 4.90 Å². The Morgan fingerprint density at radius 1 is 1.25 bits per heavy atom. The van der Waals surface area contributed by atoms with Crippen molar-refractivity contribution in [2.45, 2.75) is 24.4 Å². The van der Waals surface area contributed by atoms with Crippen LogP contribution in [0.5, 0.6) is 0 Å². The molecule has 0 aliphatic rings. The molecule has 3 N–H and O–H groups in total. The second-order valence-corrected chi connectivity index (χ2v) is 8.13. The van der Waals surface area contributed by atoms with E-state index in [1.54, 1.807) is 12.1 Å². The number of hydrogen-bond acceptors (Lipinski definition) is 5. The van der Waals surface area contributed by atoms with E-state index in [1.165, 1.54) is 23.5 Å². The van der Waals surface area contributed by atoms with Crippen LogP contribution in [-0.2, 0) is 16.6 Å². The summed E-state index contributed by atoms with van der Waals surface area (Å²) < 4.78 is 27.3. The van der Waals surface area contributed by atoms with Gasteiger partial charge in [0.1, 0.15) is 0 Å². The number of sulfonamides is 1. The predicted octanol–water partition coefficient (Wildman–Crippen LogP) is 1.56. The fourth-order valence-corrected chi connectivity index (χ4v) is 3.71. The number of carbonyl (C=O) groups is 1. The highest BCUT2D eigenvalue weighted by atomic mass is 32.2. The summed E-state index contributed by atoms with van der Waals surface area (Å²) in [7, 11) is -1.86. The van der Waals surface area contributed by atoms with Gasteiger partial charge in [-0.15, -0.1) is 11.3 Å². The lowest BCUT2D eigenvalue weighted by molar-refractivity contribution is 0.0950. The molecule has 0 spiro atoms. The van der Waals surface area contributed by atoms with Gasteiger partial charge in [-0.1, -0.05) is 12.1 Å². The monoisotopic (exact) mass is 367 g/mol. The standard InChI is InChI=1S/C16H21N3O3S2/c1-12(17-2)10-18-16(20)13-5-3-7-15(9-13)24(21,22)19-11-14-6-4-8-23-14/h3-9,12,17,19H,10-11H2,1-2H3,(H,18,20). The third-order valence-corrected chi connectivity index (χ3v) is 5.76. The number of thiophene rings is 1. The van der Waals surface area contributed by atoms with E-state index in [1.807, 2.05) is 31.5 Å². The minimum Gasteiger partial charge on any atom is -0.350 e. The van der Waals surface area contributed by atoms with Crippen molar-refractivity contribution in [3.8, 4) is 0 Å². The zero-order valence-electron chi connectivity index (χ0n) is 13.6. The molecule has 6 nitrogen and oxygen atoms in total. The van der Waals surface area contributed by atoms with Crippen molar-refractivity contribution in [1.29, 1.82) is 0 Å². The smallest absolute Gasteiger partial charge is 0.251 e. The van der Waals surface area contributed by atoms with Gasteiger partial charge in [0, 0.05) is 29.6 Å². The molecular formula is C16H21N3O3S2. The molecule has 0 radical (unpaired) electrons. The molecule has 130 valence electrons. The fourth-order valence-electron chi connectivity index (χ4n) is 1.92. The SMILES string of the molecule is CNC(C)CNC(=O)c1cccc(S(=O)(=O)NCc2cccs2)c1. The van der Waals surface area contributed by atoms with E-state index in [0.29, 0.717) is 12.1 Å². The van der Waals surface area contributed by atoms with E-state index in [0.717, 1.165) is 4.88 Å². The Hall–Kier alpha value is -1.74. The van der Waals surface area contributed by atoms with Gasteiger partial charge in [-0.25, -0.2) is 13.1 Å². The van der Waals surface area contributed by atoms with Crippen LogP contribution in [0, 0.1) is 0 Å². The number of hydrogen-bond donors (Lipinski definition) is 3. The third kappa shape index (κ3) is 5.13. The first-order valence-corrected chi connectivity index (χ1v) is 9.86. The van der Waals surface area contributed by atoms with Crippen LogP contribution in [0.15, 0.2) is 46.7 Å². The highest BCUT2D eigenvalue weighted by molar-refractivity contribution is 7.89. The number of amides is 1. The molecule has 1 unspecified atom stereocenters. The summed E-state index contributed by atoms with van der Waals surface area (Å²) in [6, 6.07) is 9.88. The molecular weight excluding hydrogens is 346 g/mol. The Labute approximate surface area is 146 Å². The molecule has 2 rings (SSSR count). The molecule has 0 aliphatic heterocycles. The lowest BCUT2D eigenvalue weighted by Crippen LogP contribution is -2.37. The molecule has 0 aliphatic carbocycles. The number of benzene rings is 1. The molecule has 0 saturated carbocycles. The van der Waals surface area contributed by atoms with Crippen molar-refractivity contribution in [2.24, 2.45) is 0 Å². The summed E-state index contributed by atoms with van der Waals surface area (Å²) in [5, 5.41) is 7.68. The largest absolute Gasteiger partial charge is 0.350 e. The van der Waals surface area contributed by atoms with Crippen molar-refractivity contribution in [1.82, 2.24) is 15.4 Å². The molecule has 2 aromatic rings. The van der Waals surface area contributed by atoms with Crippen LogP contribution in [0.1, 0.15) is 22.2 Å². The van der Waals surface area contributed by atoms with E-state index >= 15 is 0 Å². The predicted molar refractivity (Wildman–Crippen MR) is 95.6 cm³/mol. The minimum absolute atomic E-state index is 0.0772. The van der Waals surface area contributed by atoms with Gasteiger partial charge < -0.3 is 10.6 Å². The molecule has 1 aromatic heterocycles. The Morgan fingerprint density at radius 2 is 2.04 bits per heavy atom. The van der Waals surface area contributed by atoms with E-state index in [2.05, 4.69) is 15.4 Å². The van der Waals surface area contributed by atoms with Crippen molar-refractivity contribution < 1.29 is 13.2 Å². The summed E-state index contributed by atoms with van der Waals surface area (Å²) in [5.41, 5.74) is 0.317. The van der Waals surface area contributed by atoms with E-state index in [9.17, 15) is 13.2 Å². The van der Waals surface area contributed by atoms with Crippen LogP contribution < -0.4 is 15.4 Å². The Bertz CT molecular complexity index is 774. The van der Waals surface area contributed by atoms with Crippen LogP contribution >= 0.6 is 11.3 Å². The molecule has 1 amide bonds. The first kappa shape index (κ1) is 18.6. The summed E-state index contributed by atoms with van der Waals surface area (Å²) in [6.07, 6.45) is 0. The van der Waals surface area contributed by atoms with Gasteiger partial charge in [0.15, 0.2) is 0 Å². The van der Waals surface area contributed by atoms with Crippen LogP contribution in [-0.4, -0.2) is 34.0 Å². The average Bonchev–Trinajstić information content (AvgIpc) is 3.11. The minimum atomic E-state index is -3.66. The van der Waals surface area contributed by atoms with Crippen molar-refractivity contribution in [2.75, 3.05) is 13.6 Å². The Balaban J connectivity index is 2.06. The first-order chi connectivity index (χ1) is 11.4. The van der Waals surface area contributed by atoms with Gasteiger partial charge >= 0.3 is 0 Å². The topological polar surface area (TPSA) is 87.3 Å². The first-order valence-electron chi connectivity index (χ1n) is 7.50. The average molecular weight is 367 g/mol. The second-order valence-electron chi connectivity index (χ2n) is 5.33. The van der Waals surface area contributed by atoms with Crippen LogP contribution in [0.25, 0.3) is 0 Å². The fraction of sp³-hybridized carbons (Fsp3) is 0.312.